The van der Waals surface area contributed by atoms with Gasteiger partial charge in [0.1, 0.15) is 5.78 Å². The molecular formula is C10H14N2OS. The summed E-state index contributed by atoms with van der Waals surface area (Å²) in [7, 11) is 0. The molecule has 0 fully saturated rings. The highest BCUT2D eigenvalue weighted by Gasteiger charge is 2.14. The van der Waals surface area contributed by atoms with E-state index in [2.05, 4.69) is 16.9 Å². The number of carbonyl (C=O) groups is 1. The van der Waals surface area contributed by atoms with Crippen molar-refractivity contribution in [2.45, 2.75) is 25.5 Å². The number of rotatable bonds is 5. The number of ketones is 1. The Morgan fingerprint density at radius 3 is 2.86 bits per heavy atom. The summed E-state index contributed by atoms with van der Waals surface area (Å²) in [6.07, 6.45) is 5.58. The molecule has 0 saturated heterocycles. The average molecular weight is 210 g/mol. The van der Waals surface area contributed by atoms with Crippen molar-refractivity contribution < 1.29 is 4.79 Å². The lowest BCUT2D eigenvalue weighted by Gasteiger charge is -2.12. The van der Waals surface area contributed by atoms with Crippen molar-refractivity contribution in [2.24, 2.45) is 0 Å². The van der Waals surface area contributed by atoms with Crippen molar-refractivity contribution in [3.05, 3.63) is 24.3 Å². The minimum atomic E-state index is 0.159. The average Bonchev–Trinajstić information content (AvgIpc) is 2.18. The number of nitrogens with zero attached hydrogens (tertiary/aromatic N) is 2. The fourth-order valence-corrected chi connectivity index (χ4v) is 2.24. The second-order valence-electron chi connectivity index (χ2n) is 2.98. The van der Waals surface area contributed by atoms with Gasteiger partial charge in [-0.15, -0.1) is 0 Å². The lowest BCUT2D eigenvalue weighted by atomic mass is 10.2. The third-order valence-electron chi connectivity index (χ3n) is 1.75. The second-order valence-corrected chi connectivity index (χ2v) is 4.46. The molecular weight excluding hydrogens is 196 g/mol. The van der Waals surface area contributed by atoms with Crippen molar-refractivity contribution in [1.29, 1.82) is 0 Å². The van der Waals surface area contributed by atoms with Crippen LogP contribution in [0.2, 0.25) is 0 Å². The fraction of sp³-hybridized carbons (Fsp3) is 0.500. The zero-order valence-corrected chi connectivity index (χ0v) is 9.25. The maximum absolute atomic E-state index is 11.0. The maximum Gasteiger partial charge on any atom is 0.131 e. The predicted molar refractivity (Wildman–Crippen MR) is 58.2 cm³/mol. The molecule has 1 atom stereocenters. The molecule has 76 valence electrons. The smallest absolute Gasteiger partial charge is 0.131 e. The fourth-order valence-electron chi connectivity index (χ4n) is 1.19. The monoisotopic (exact) mass is 210 g/mol. The summed E-state index contributed by atoms with van der Waals surface area (Å²) in [5, 5.41) is 0.159. The number of hydrogen-bond acceptors (Lipinski definition) is 4. The summed E-state index contributed by atoms with van der Waals surface area (Å²) in [6.45, 7) is 3.69. The Bertz CT molecular complexity index is 289. The van der Waals surface area contributed by atoms with E-state index in [1.54, 1.807) is 37.3 Å². The summed E-state index contributed by atoms with van der Waals surface area (Å²) in [6, 6.07) is 0. The van der Waals surface area contributed by atoms with E-state index in [9.17, 15) is 4.79 Å². The summed E-state index contributed by atoms with van der Waals surface area (Å²) >= 11 is 1.73. The molecule has 1 aromatic heterocycles. The first-order valence-electron chi connectivity index (χ1n) is 4.61. The third-order valence-corrected chi connectivity index (χ3v) is 2.90. The summed E-state index contributed by atoms with van der Waals surface area (Å²) in [5.74, 6) is 1.18. The van der Waals surface area contributed by atoms with Crippen LogP contribution in [0.25, 0.3) is 0 Å². The topological polar surface area (TPSA) is 42.9 Å². The molecule has 0 aliphatic rings. The molecule has 1 unspecified atom stereocenters. The molecule has 1 heterocycles. The summed E-state index contributed by atoms with van der Waals surface area (Å²) in [4.78, 5) is 19.3. The number of carbonyl (C=O) groups excluding carboxylic acids is 1. The van der Waals surface area contributed by atoms with E-state index < -0.39 is 0 Å². The standard InChI is InChI=1S/C10H14N2OS/c1-3-14-10(6-8(2)13)9-7-11-4-5-12-9/h4-5,7,10H,3,6H2,1-2H3. The Hall–Kier alpha value is -0.900. The van der Waals surface area contributed by atoms with Gasteiger partial charge in [-0.3, -0.25) is 14.8 Å². The molecule has 0 N–H and O–H groups in total. The van der Waals surface area contributed by atoms with E-state index in [0.29, 0.717) is 6.42 Å². The highest BCUT2D eigenvalue weighted by Crippen LogP contribution is 2.29. The maximum atomic E-state index is 11.0. The molecule has 0 spiro atoms. The molecule has 0 aromatic carbocycles. The number of aromatic nitrogens is 2. The van der Waals surface area contributed by atoms with Crippen molar-refractivity contribution >= 4 is 17.5 Å². The van der Waals surface area contributed by atoms with Gasteiger partial charge in [0.2, 0.25) is 0 Å². The SMILES string of the molecule is CCSC(CC(C)=O)c1cnccn1. The molecule has 0 amide bonds. The zero-order valence-electron chi connectivity index (χ0n) is 8.43. The highest BCUT2D eigenvalue weighted by molar-refractivity contribution is 7.99. The predicted octanol–water partition coefficient (Wildman–Crippen LogP) is 2.25. The lowest BCUT2D eigenvalue weighted by molar-refractivity contribution is -0.117. The zero-order chi connectivity index (χ0) is 10.4. The number of Topliss-reactive ketones (excluding diaryl/α,β-unsaturated/α-hetero) is 1. The van der Waals surface area contributed by atoms with Crippen molar-refractivity contribution in [1.82, 2.24) is 9.97 Å². The molecule has 0 aliphatic heterocycles. The van der Waals surface area contributed by atoms with Crippen LogP contribution in [0.15, 0.2) is 18.6 Å². The molecule has 0 aliphatic carbocycles. The third kappa shape index (κ3) is 3.46. The van der Waals surface area contributed by atoms with Gasteiger partial charge >= 0.3 is 0 Å². The van der Waals surface area contributed by atoms with Crippen LogP contribution in [-0.4, -0.2) is 21.5 Å². The Labute approximate surface area is 88.3 Å². The normalized spacial score (nSPS) is 12.4. The Morgan fingerprint density at radius 2 is 2.36 bits per heavy atom. The van der Waals surface area contributed by atoms with Gasteiger partial charge in [0.25, 0.3) is 0 Å². The van der Waals surface area contributed by atoms with Crippen LogP contribution in [0.4, 0.5) is 0 Å². The van der Waals surface area contributed by atoms with E-state index in [0.717, 1.165) is 11.4 Å². The Balaban J connectivity index is 2.72. The van der Waals surface area contributed by atoms with Crippen LogP contribution in [0.5, 0.6) is 0 Å². The van der Waals surface area contributed by atoms with Crippen molar-refractivity contribution in [2.75, 3.05) is 5.75 Å². The molecule has 0 bridgehead atoms. The second kappa shape index (κ2) is 5.75. The van der Waals surface area contributed by atoms with Gasteiger partial charge in [-0.25, -0.2) is 0 Å². The first kappa shape index (κ1) is 11.2. The first-order chi connectivity index (χ1) is 6.74. The largest absolute Gasteiger partial charge is 0.300 e. The van der Waals surface area contributed by atoms with Crippen molar-refractivity contribution in [3.63, 3.8) is 0 Å². The van der Waals surface area contributed by atoms with Crippen LogP contribution in [-0.2, 0) is 4.79 Å². The van der Waals surface area contributed by atoms with Gasteiger partial charge in [0, 0.05) is 25.0 Å². The molecule has 14 heavy (non-hydrogen) atoms. The molecule has 0 radical (unpaired) electrons. The highest BCUT2D eigenvalue weighted by atomic mass is 32.2. The van der Waals surface area contributed by atoms with Gasteiger partial charge in [0.15, 0.2) is 0 Å². The molecule has 4 heteroatoms. The van der Waals surface area contributed by atoms with Crippen molar-refractivity contribution in [3.8, 4) is 0 Å². The van der Waals surface area contributed by atoms with Gasteiger partial charge in [0.05, 0.1) is 10.9 Å². The van der Waals surface area contributed by atoms with E-state index in [1.165, 1.54) is 0 Å². The van der Waals surface area contributed by atoms with Crippen LogP contribution in [0.1, 0.15) is 31.2 Å². The Kier molecular flexibility index (Phi) is 4.59. The quantitative estimate of drug-likeness (QED) is 0.747. The van der Waals surface area contributed by atoms with Crippen LogP contribution in [0, 0.1) is 0 Å². The van der Waals surface area contributed by atoms with Gasteiger partial charge in [-0.2, -0.15) is 11.8 Å². The number of hydrogen-bond donors (Lipinski definition) is 0. The van der Waals surface area contributed by atoms with E-state index in [4.69, 9.17) is 0 Å². The lowest BCUT2D eigenvalue weighted by Crippen LogP contribution is -2.03. The van der Waals surface area contributed by atoms with Gasteiger partial charge in [-0.05, 0) is 12.7 Å². The Morgan fingerprint density at radius 1 is 1.57 bits per heavy atom. The van der Waals surface area contributed by atoms with E-state index in [1.807, 2.05) is 0 Å². The van der Waals surface area contributed by atoms with Crippen LogP contribution < -0.4 is 0 Å². The van der Waals surface area contributed by atoms with Crippen LogP contribution in [0.3, 0.4) is 0 Å². The van der Waals surface area contributed by atoms with Crippen LogP contribution >= 0.6 is 11.8 Å². The molecule has 1 rings (SSSR count). The summed E-state index contributed by atoms with van der Waals surface area (Å²) in [5.41, 5.74) is 0.898. The molecule has 3 nitrogen and oxygen atoms in total. The number of thioether (sulfide) groups is 1. The molecule has 0 saturated carbocycles. The van der Waals surface area contributed by atoms with Gasteiger partial charge in [-0.1, -0.05) is 6.92 Å². The van der Waals surface area contributed by atoms with E-state index in [-0.39, 0.29) is 11.0 Å². The molecule has 1 aromatic rings. The van der Waals surface area contributed by atoms with Gasteiger partial charge < -0.3 is 0 Å². The van der Waals surface area contributed by atoms with E-state index >= 15 is 0 Å². The minimum Gasteiger partial charge on any atom is -0.300 e. The summed E-state index contributed by atoms with van der Waals surface area (Å²) < 4.78 is 0. The minimum absolute atomic E-state index is 0.159. The first-order valence-corrected chi connectivity index (χ1v) is 5.66.